The molecule has 0 N–H and O–H groups in total. The molecule has 0 bridgehead atoms. The van der Waals surface area contributed by atoms with Crippen LogP contribution >= 0.6 is 0 Å². The molecule has 0 aromatic carbocycles. The SMILES string of the molecule is CC(C)C[C@H]1CCN(C2CCCC2)C1. The van der Waals surface area contributed by atoms with Gasteiger partial charge in [0.1, 0.15) is 0 Å². The Morgan fingerprint density at radius 1 is 1.14 bits per heavy atom. The Morgan fingerprint density at radius 3 is 2.50 bits per heavy atom. The summed E-state index contributed by atoms with van der Waals surface area (Å²) >= 11 is 0. The average Bonchev–Trinajstić information content (AvgIpc) is 2.69. The van der Waals surface area contributed by atoms with E-state index in [2.05, 4.69) is 18.7 Å². The van der Waals surface area contributed by atoms with Crippen LogP contribution < -0.4 is 0 Å². The molecular formula is C13H25N. The molecule has 1 heteroatoms. The fourth-order valence-electron chi connectivity index (χ4n) is 3.32. The highest BCUT2D eigenvalue weighted by molar-refractivity contribution is 4.84. The van der Waals surface area contributed by atoms with Crippen LogP contribution in [0, 0.1) is 11.8 Å². The van der Waals surface area contributed by atoms with Gasteiger partial charge in [-0.15, -0.1) is 0 Å². The molecule has 1 saturated heterocycles. The van der Waals surface area contributed by atoms with E-state index >= 15 is 0 Å². The summed E-state index contributed by atoms with van der Waals surface area (Å²) in [5, 5.41) is 0. The summed E-state index contributed by atoms with van der Waals surface area (Å²) < 4.78 is 0. The van der Waals surface area contributed by atoms with Crippen molar-refractivity contribution in [3.05, 3.63) is 0 Å². The number of rotatable bonds is 3. The van der Waals surface area contributed by atoms with Crippen molar-refractivity contribution < 1.29 is 0 Å². The van der Waals surface area contributed by atoms with Crippen molar-refractivity contribution in [1.29, 1.82) is 0 Å². The van der Waals surface area contributed by atoms with E-state index in [9.17, 15) is 0 Å². The molecule has 0 spiro atoms. The zero-order chi connectivity index (χ0) is 9.97. The molecule has 2 rings (SSSR count). The fraction of sp³-hybridized carbons (Fsp3) is 1.00. The van der Waals surface area contributed by atoms with E-state index in [-0.39, 0.29) is 0 Å². The van der Waals surface area contributed by atoms with Gasteiger partial charge in [-0.05, 0) is 44.1 Å². The molecule has 2 aliphatic rings. The molecule has 1 aliphatic carbocycles. The number of likely N-dealkylation sites (tertiary alicyclic amines) is 1. The van der Waals surface area contributed by atoms with Gasteiger partial charge in [-0.3, -0.25) is 0 Å². The van der Waals surface area contributed by atoms with Gasteiger partial charge in [-0.2, -0.15) is 0 Å². The number of hydrogen-bond donors (Lipinski definition) is 0. The van der Waals surface area contributed by atoms with E-state index < -0.39 is 0 Å². The predicted molar refractivity (Wildman–Crippen MR) is 61.4 cm³/mol. The summed E-state index contributed by atoms with van der Waals surface area (Å²) in [6.07, 6.45) is 8.84. The molecule has 0 aromatic rings. The van der Waals surface area contributed by atoms with Gasteiger partial charge >= 0.3 is 0 Å². The van der Waals surface area contributed by atoms with Crippen molar-refractivity contribution in [2.45, 2.75) is 58.4 Å². The molecule has 1 heterocycles. The van der Waals surface area contributed by atoms with Crippen molar-refractivity contribution in [2.24, 2.45) is 11.8 Å². The highest BCUT2D eigenvalue weighted by Gasteiger charge is 2.29. The smallest absolute Gasteiger partial charge is 0.00953 e. The minimum absolute atomic E-state index is 0.892. The first-order valence-corrected chi connectivity index (χ1v) is 6.49. The topological polar surface area (TPSA) is 3.24 Å². The highest BCUT2D eigenvalue weighted by atomic mass is 15.2. The van der Waals surface area contributed by atoms with Gasteiger partial charge in [-0.1, -0.05) is 26.7 Å². The second kappa shape index (κ2) is 4.65. The van der Waals surface area contributed by atoms with Crippen LogP contribution in [0.3, 0.4) is 0 Å². The Morgan fingerprint density at radius 2 is 1.86 bits per heavy atom. The van der Waals surface area contributed by atoms with Gasteiger partial charge in [0.25, 0.3) is 0 Å². The Labute approximate surface area is 88.9 Å². The summed E-state index contributed by atoms with van der Waals surface area (Å²) in [6, 6.07) is 0.965. The molecule has 1 saturated carbocycles. The third-order valence-electron chi connectivity index (χ3n) is 3.96. The maximum atomic E-state index is 2.78. The van der Waals surface area contributed by atoms with Crippen LogP contribution in [0.25, 0.3) is 0 Å². The molecule has 2 fully saturated rings. The van der Waals surface area contributed by atoms with E-state index in [0.717, 1.165) is 17.9 Å². The van der Waals surface area contributed by atoms with Crippen molar-refractivity contribution in [3.8, 4) is 0 Å². The zero-order valence-electron chi connectivity index (χ0n) is 9.84. The Balaban J connectivity index is 1.76. The van der Waals surface area contributed by atoms with Crippen molar-refractivity contribution >= 4 is 0 Å². The van der Waals surface area contributed by atoms with E-state index in [1.54, 1.807) is 0 Å². The minimum atomic E-state index is 0.892. The second-order valence-corrected chi connectivity index (χ2v) is 5.72. The van der Waals surface area contributed by atoms with Crippen LogP contribution in [0.15, 0.2) is 0 Å². The van der Waals surface area contributed by atoms with Gasteiger partial charge in [0.2, 0.25) is 0 Å². The summed E-state index contributed by atoms with van der Waals surface area (Å²) in [7, 11) is 0. The molecule has 1 atom stereocenters. The molecule has 1 aliphatic heterocycles. The lowest BCUT2D eigenvalue weighted by Gasteiger charge is -2.23. The molecule has 1 nitrogen and oxygen atoms in total. The average molecular weight is 195 g/mol. The molecule has 14 heavy (non-hydrogen) atoms. The van der Waals surface area contributed by atoms with Crippen LogP contribution in [0.1, 0.15) is 52.4 Å². The Hall–Kier alpha value is -0.0400. The monoisotopic (exact) mass is 195 g/mol. The second-order valence-electron chi connectivity index (χ2n) is 5.72. The van der Waals surface area contributed by atoms with Crippen molar-refractivity contribution in [1.82, 2.24) is 4.90 Å². The first-order valence-electron chi connectivity index (χ1n) is 6.49. The predicted octanol–water partition coefficient (Wildman–Crippen LogP) is 3.30. The first kappa shape index (κ1) is 10.5. The molecule has 0 amide bonds. The van der Waals surface area contributed by atoms with Crippen molar-refractivity contribution in [2.75, 3.05) is 13.1 Å². The third kappa shape index (κ3) is 2.50. The summed E-state index contributed by atoms with van der Waals surface area (Å²) in [5.41, 5.74) is 0. The normalized spacial score (nSPS) is 30.6. The number of nitrogens with zero attached hydrogens (tertiary/aromatic N) is 1. The van der Waals surface area contributed by atoms with Gasteiger partial charge < -0.3 is 4.90 Å². The largest absolute Gasteiger partial charge is 0.300 e. The van der Waals surface area contributed by atoms with Crippen LogP contribution in [0.4, 0.5) is 0 Å². The molecule has 0 aromatic heterocycles. The summed E-state index contributed by atoms with van der Waals surface area (Å²) in [6.45, 7) is 7.52. The van der Waals surface area contributed by atoms with Crippen LogP contribution in [-0.2, 0) is 0 Å². The standard InChI is InChI=1S/C13H25N/c1-11(2)9-12-7-8-14(10-12)13-5-3-4-6-13/h11-13H,3-10H2,1-2H3/t12-/m1/s1. The minimum Gasteiger partial charge on any atom is -0.300 e. The summed E-state index contributed by atoms with van der Waals surface area (Å²) in [4.78, 5) is 2.78. The number of hydrogen-bond acceptors (Lipinski definition) is 1. The highest BCUT2D eigenvalue weighted by Crippen LogP contribution is 2.30. The van der Waals surface area contributed by atoms with Crippen molar-refractivity contribution in [3.63, 3.8) is 0 Å². The van der Waals surface area contributed by atoms with Gasteiger partial charge in [0.05, 0.1) is 0 Å². The lowest BCUT2D eigenvalue weighted by Crippen LogP contribution is -2.31. The maximum absolute atomic E-state index is 2.78. The molecule has 82 valence electrons. The van der Waals surface area contributed by atoms with E-state index in [0.29, 0.717) is 0 Å². The Bertz CT molecular complexity index is 170. The fourth-order valence-corrected chi connectivity index (χ4v) is 3.32. The van der Waals surface area contributed by atoms with Gasteiger partial charge in [0.15, 0.2) is 0 Å². The quantitative estimate of drug-likeness (QED) is 0.668. The van der Waals surface area contributed by atoms with E-state index in [1.165, 1.54) is 51.6 Å². The first-order chi connectivity index (χ1) is 6.75. The maximum Gasteiger partial charge on any atom is 0.00953 e. The lowest BCUT2D eigenvalue weighted by molar-refractivity contribution is 0.232. The van der Waals surface area contributed by atoms with Crippen LogP contribution in [0.5, 0.6) is 0 Å². The zero-order valence-corrected chi connectivity index (χ0v) is 9.84. The Kier molecular flexibility index (Phi) is 3.48. The van der Waals surface area contributed by atoms with Gasteiger partial charge in [0, 0.05) is 12.6 Å². The third-order valence-corrected chi connectivity index (χ3v) is 3.96. The van der Waals surface area contributed by atoms with Gasteiger partial charge in [-0.25, -0.2) is 0 Å². The van der Waals surface area contributed by atoms with Crippen LogP contribution in [-0.4, -0.2) is 24.0 Å². The van der Waals surface area contributed by atoms with E-state index in [4.69, 9.17) is 0 Å². The van der Waals surface area contributed by atoms with Crippen LogP contribution in [0.2, 0.25) is 0 Å². The lowest BCUT2D eigenvalue weighted by atomic mass is 9.97. The molecule has 0 radical (unpaired) electrons. The van der Waals surface area contributed by atoms with E-state index in [1.807, 2.05) is 0 Å². The molecular weight excluding hydrogens is 170 g/mol. The molecule has 0 unspecified atom stereocenters. The summed E-state index contributed by atoms with van der Waals surface area (Å²) in [5.74, 6) is 1.90.